The van der Waals surface area contributed by atoms with Crippen molar-refractivity contribution in [3.05, 3.63) is 53.1 Å². The third-order valence-electron chi connectivity index (χ3n) is 4.51. The van der Waals surface area contributed by atoms with Crippen molar-refractivity contribution in [2.75, 3.05) is 26.2 Å². The van der Waals surface area contributed by atoms with Gasteiger partial charge in [-0.05, 0) is 24.6 Å². The Labute approximate surface area is 141 Å². The van der Waals surface area contributed by atoms with Gasteiger partial charge in [0.25, 0.3) is 5.91 Å². The van der Waals surface area contributed by atoms with Gasteiger partial charge >= 0.3 is 0 Å². The molecule has 0 bridgehead atoms. The molecule has 0 unspecified atom stereocenters. The molecule has 0 radical (unpaired) electrons. The number of aromatic nitrogens is 2. The van der Waals surface area contributed by atoms with Gasteiger partial charge in [0.15, 0.2) is 5.82 Å². The summed E-state index contributed by atoms with van der Waals surface area (Å²) in [6.07, 6.45) is 3.46. The van der Waals surface area contributed by atoms with Gasteiger partial charge in [-0.2, -0.15) is 0 Å². The minimum atomic E-state index is 0.0105. The molecule has 3 rings (SSSR count). The van der Waals surface area contributed by atoms with Crippen LogP contribution in [0.1, 0.15) is 29.1 Å². The maximum absolute atomic E-state index is 12.5. The van der Waals surface area contributed by atoms with E-state index in [1.807, 2.05) is 24.1 Å². The van der Waals surface area contributed by atoms with Gasteiger partial charge in [0.2, 0.25) is 0 Å². The van der Waals surface area contributed by atoms with Crippen molar-refractivity contribution in [3.8, 4) is 0 Å². The first-order chi connectivity index (χ1) is 11.1. The summed E-state index contributed by atoms with van der Waals surface area (Å²) in [6, 6.07) is 8.30. The van der Waals surface area contributed by atoms with Crippen LogP contribution < -0.4 is 0 Å². The predicted molar refractivity (Wildman–Crippen MR) is 90.6 cm³/mol. The van der Waals surface area contributed by atoms with E-state index in [0.29, 0.717) is 11.9 Å². The number of amides is 1. The van der Waals surface area contributed by atoms with E-state index in [1.165, 1.54) is 5.56 Å². The molecule has 0 saturated carbocycles. The lowest BCUT2D eigenvalue weighted by molar-refractivity contribution is 0.0567. The zero-order valence-corrected chi connectivity index (χ0v) is 14.2. The first-order valence-electron chi connectivity index (χ1n) is 7.82. The summed E-state index contributed by atoms with van der Waals surface area (Å²) in [5.41, 5.74) is 1.25. The first-order valence-corrected chi connectivity index (χ1v) is 8.20. The van der Waals surface area contributed by atoms with E-state index < -0.39 is 0 Å². The van der Waals surface area contributed by atoms with Crippen LogP contribution in [0.2, 0.25) is 5.02 Å². The van der Waals surface area contributed by atoms with E-state index in [4.69, 9.17) is 11.6 Å². The molecular weight excluding hydrogens is 312 g/mol. The second kappa shape index (κ2) is 6.72. The molecule has 1 amide bonds. The van der Waals surface area contributed by atoms with Crippen LogP contribution in [0, 0.1) is 0 Å². The van der Waals surface area contributed by atoms with Crippen molar-refractivity contribution in [2.45, 2.75) is 13.0 Å². The first kappa shape index (κ1) is 16.0. The van der Waals surface area contributed by atoms with Crippen molar-refractivity contribution in [3.63, 3.8) is 0 Å². The molecule has 6 heteroatoms. The topological polar surface area (TPSA) is 41.4 Å². The molecule has 0 spiro atoms. The summed E-state index contributed by atoms with van der Waals surface area (Å²) in [5.74, 6) is 0.514. The molecule has 1 aliphatic heterocycles. The summed E-state index contributed by atoms with van der Waals surface area (Å²) in [4.78, 5) is 20.9. The van der Waals surface area contributed by atoms with Crippen LogP contribution in [0.5, 0.6) is 0 Å². The lowest BCUT2D eigenvalue weighted by Gasteiger charge is -2.38. The molecule has 2 aromatic rings. The lowest BCUT2D eigenvalue weighted by atomic mass is 10.1. The highest BCUT2D eigenvalue weighted by atomic mass is 35.5. The van der Waals surface area contributed by atoms with Crippen LogP contribution in [0.3, 0.4) is 0 Å². The number of imidazole rings is 1. The molecule has 5 nitrogen and oxygen atoms in total. The smallest absolute Gasteiger partial charge is 0.289 e. The third-order valence-corrected chi connectivity index (χ3v) is 4.77. The average Bonchev–Trinajstić information content (AvgIpc) is 3.00. The molecule has 1 aliphatic rings. The largest absolute Gasteiger partial charge is 0.333 e. The molecule has 23 heavy (non-hydrogen) atoms. The second-order valence-electron chi connectivity index (χ2n) is 5.92. The molecule has 0 aliphatic carbocycles. The second-order valence-corrected chi connectivity index (χ2v) is 6.35. The lowest BCUT2D eigenvalue weighted by Crippen LogP contribution is -2.49. The molecule has 1 aromatic carbocycles. The number of rotatable bonds is 3. The van der Waals surface area contributed by atoms with Crippen LogP contribution in [-0.2, 0) is 7.05 Å². The zero-order valence-electron chi connectivity index (χ0n) is 13.4. The Hall–Kier alpha value is -1.85. The normalized spacial score (nSPS) is 17.3. The van der Waals surface area contributed by atoms with Gasteiger partial charge < -0.3 is 9.47 Å². The highest BCUT2D eigenvalue weighted by Gasteiger charge is 2.26. The van der Waals surface area contributed by atoms with Gasteiger partial charge in [0, 0.05) is 56.7 Å². The number of nitrogens with zero attached hydrogens (tertiary/aromatic N) is 4. The maximum Gasteiger partial charge on any atom is 0.289 e. The van der Waals surface area contributed by atoms with E-state index >= 15 is 0 Å². The highest BCUT2D eigenvalue weighted by molar-refractivity contribution is 6.30. The summed E-state index contributed by atoms with van der Waals surface area (Å²) in [6.45, 7) is 5.37. The van der Waals surface area contributed by atoms with E-state index in [1.54, 1.807) is 17.0 Å². The third kappa shape index (κ3) is 3.41. The van der Waals surface area contributed by atoms with Gasteiger partial charge in [0.1, 0.15) is 0 Å². The number of piperazine rings is 1. The van der Waals surface area contributed by atoms with Gasteiger partial charge in [0.05, 0.1) is 0 Å². The van der Waals surface area contributed by atoms with Gasteiger partial charge in [-0.3, -0.25) is 9.69 Å². The number of hydrogen-bond acceptors (Lipinski definition) is 3. The molecule has 122 valence electrons. The van der Waals surface area contributed by atoms with Crippen molar-refractivity contribution in [1.82, 2.24) is 19.4 Å². The summed E-state index contributed by atoms with van der Waals surface area (Å²) >= 11 is 5.95. The minimum absolute atomic E-state index is 0.0105. The van der Waals surface area contributed by atoms with Crippen molar-refractivity contribution >= 4 is 17.5 Å². The molecular formula is C17H21ClN4O. The number of benzene rings is 1. The molecule has 1 fully saturated rings. The Morgan fingerprint density at radius 2 is 1.83 bits per heavy atom. The fourth-order valence-corrected chi connectivity index (χ4v) is 3.10. The predicted octanol–water partition coefficient (Wildman–Crippen LogP) is 2.59. The zero-order chi connectivity index (χ0) is 16.4. The van der Waals surface area contributed by atoms with Gasteiger partial charge in [-0.1, -0.05) is 23.7 Å². The van der Waals surface area contributed by atoms with Gasteiger partial charge in [-0.25, -0.2) is 4.98 Å². The Bertz CT molecular complexity index is 674. The number of halogens is 1. The van der Waals surface area contributed by atoms with E-state index in [9.17, 15) is 4.79 Å². The molecule has 1 aromatic heterocycles. The fraction of sp³-hybridized carbons (Fsp3) is 0.412. The van der Waals surface area contributed by atoms with Crippen LogP contribution in [-0.4, -0.2) is 51.4 Å². The van der Waals surface area contributed by atoms with Crippen molar-refractivity contribution in [1.29, 1.82) is 0 Å². The molecule has 1 saturated heterocycles. The average molecular weight is 333 g/mol. The molecule has 2 heterocycles. The number of hydrogen-bond donors (Lipinski definition) is 0. The Kier molecular flexibility index (Phi) is 4.68. The fourth-order valence-electron chi connectivity index (χ4n) is 2.98. The maximum atomic E-state index is 12.5. The summed E-state index contributed by atoms with van der Waals surface area (Å²) in [5, 5.41) is 0.756. The minimum Gasteiger partial charge on any atom is -0.333 e. The quantitative estimate of drug-likeness (QED) is 0.867. The SMILES string of the molecule is C[C@H](c1ccc(Cl)cc1)N1CCN(C(=O)c2nccn2C)CC1. The summed E-state index contributed by atoms with van der Waals surface area (Å²) < 4.78 is 1.77. The molecule has 1 atom stereocenters. The Morgan fingerprint density at radius 3 is 2.39 bits per heavy atom. The van der Waals surface area contributed by atoms with Gasteiger partial charge in [-0.15, -0.1) is 0 Å². The van der Waals surface area contributed by atoms with Crippen LogP contribution >= 0.6 is 11.6 Å². The highest BCUT2D eigenvalue weighted by Crippen LogP contribution is 2.23. The van der Waals surface area contributed by atoms with Crippen LogP contribution in [0.25, 0.3) is 0 Å². The van der Waals surface area contributed by atoms with E-state index in [0.717, 1.165) is 31.2 Å². The monoisotopic (exact) mass is 332 g/mol. The van der Waals surface area contributed by atoms with E-state index in [-0.39, 0.29) is 5.91 Å². The number of carbonyl (C=O) groups is 1. The Morgan fingerprint density at radius 1 is 1.17 bits per heavy atom. The van der Waals surface area contributed by atoms with E-state index in [2.05, 4.69) is 28.9 Å². The standard InChI is InChI=1S/C17H21ClN4O/c1-13(14-3-5-15(18)6-4-14)21-9-11-22(12-10-21)17(23)16-19-7-8-20(16)2/h3-8,13H,9-12H2,1-2H3/t13-/m1/s1. The van der Waals surface area contributed by atoms with Crippen LogP contribution in [0.4, 0.5) is 0 Å². The van der Waals surface area contributed by atoms with Crippen LogP contribution in [0.15, 0.2) is 36.7 Å². The Balaban J connectivity index is 1.61. The summed E-state index contributed by atoms with van der Waals surface area (Å²) in [7, 11) is 1.85. The van der Waals surface area contributed by atoms with Crippen molar-refractivity contribution < 1.29 is 4.79 Å². The number of carbonyl (C=O) groups excluding carboxylic acids is 1. The number of aryl methyl sites for hydroxylation is 1. The van der Waals surface area contributed by atoms with Crippen molar-refractivity contribution in [2.24, 2.45) is 7.05 Å². The molecule has 0 N–H and O–H groups in total.